The highest BCUT2D eigenvalue weighted by Gasteiger charge is 2.24. The van der Waals surface area contributed by atoms with E-state index in [0.717, 1.165) is 46.9 Å². The molecule has 1 atom stereocenters. The minimum absolute atomic E-state index is 0.133. The number of fused-ring (bicyclic) bond motifs is 1. The summed E-state index contributed by atoms with van der Waals surface area (Å²) in [4.78, 5) is 22.8. The number of carbonyl (C=O) groups is 1. The van der Waals surface area contributed by atoms with Crippen molar-refractivity contribution in [2.45, 2.75) is 38.5 Å². The van der Waals surface area contributed by atoms with E-state index in [1.807, 2.05) is 18.3 Å². The zero-order valence-corrected chi connectivity index (χ0v) is 19.3. The Morgan fingerprint density at radius 1 is 1.06 bits per heavy atom. The highest BCUT2D eigenvalue weighted by molar-refractivity contribution is 7.20. The van der Waals surface area contributed by atoms with Crippen molar-refractivity contribution in [2.75, 3.05) is 18.0 Å². The average Bonchev–Trinajstić information content (AvgIpc) is 3.54. The van der Waals surface area contributed by atoms with Crippen molar-refractivity contribution >= 4 is 43.7 Å². The van der Waals surface area contributed by atoms with Gasteiger partial charge in [-0.2, -0.15) is 0 Å². The summed E-state index contributed by atoms with van der Waals surface area (Å²) in [5, 5.41) is 2.28. The second-order valence-corrected chi connectivity index (χ2v) is 10.5. The molecule has 1 aliphatic heterocycles. The molecule has 0 bridgehead atoms. The molecule has 158 valence electrons. The fraction of sp³-hybridized carbons (Fsp3) is 0.308. The van der Waals surface area contributed by atoms with Crippen LogP contribution >= 0.6 is 22.7 Å². The van der Waals surface area contributed by atoms with Crippen molar-refractivity contribution in [1.29, 1.82) is 0 Å². The number of anilines is 1. The number of aromatic nitrogens is 1. The van der Waals surface area contributed by atoms with Crippen LogP contribution in [-0.2, 0) is 6.42 Å². The van der Waals surface area contributed by atoms with E-state index in [9.17, 15) is 4.79 Å². The number of hydrogen-bond acceptors (Lipinski definition) is 5. The Hall–Kier alpha value is -2.50. The van der Waals surface area contributed by atoms with Gasteiger partial charge in [0.2, 0.25) is 0 Å². The molecule has 0 saturated carbocycles. The van der Waals surface area contributed by atoms with Gasteiger partial charge in [0.25, 0.3) is 0 Å². The minimum Gasteiger partial charge on any atom is -0.348 e. The number of nitrogens with zero attached hydrogens (tertiary/aromatic N) is 2. The van der Waals surface area contributed by atoms with Gasteiger partial charge in [0.15, 0.2) is 10.9 Å². The van der Waals surface area contributed by atoms with Crippen LogP contribution in [0.25, 0.3) is 10.1 Å². The summed E-state index contributed by atoms with van der Waals surface area (Å²) in [7, 11) is 0. The third-order valence-electron chi connectivity index (χ3n) is 6.06. The van der Waals surface area contributed by atoms with Crippen molar-refractivity contribution in [3.63, 3.8) is 0 Å². The fourth-order valence-electron chi connectivity index (χ4n) is 4.28. The number of ketones is 1. The Morgan fingerprint density at radius 3 is 2.61 bits per heavy atom. The molecule has 5 rings (SSSR count). The fourth-order valence-corrected chi connectivity index (χ4v) is 6.31. The maximum atomic E-state index is 13.6. The minimum atomic E-state index is -0.133. The summed E-state index contributed by atoms with van der Waals surface area (Å²) in [6, 6.07) is 18.8. The number of benzene rings is 2. The van der Waals surface area contributed by atoms with Gasteiger partial charge in [0, 0.05) is 34.8 Å². The lowest BCUT2D eigenvalue weighted by Gasteiger charge is -2.16. The van der Waals surface area contributed by atoms with Crippen LogP contribution in [0.4, 0.5) is 5.13 Å². The van der Waals surface area contributed by atoms with Crippen LogP contribution < -0.4 is 4.90 Å². The van der Waals surface area contributed by atoms with E-state index >= 15 is 0 Å². The molecule has 0 N–H and O–H groups in total. The van der Waals surface area contributed by atoms with E-state index in [-0.39, 0.29) is 11.7 Å². The molecule has 1 unspecified atom stereocenters. The molecule has 31 heavy (non-hydrogen) atoms. The van der Waals surface area contributed by atoms with Crippen molar-refractivity contribution in [3.8, 4) is 0 Å². The van der Waals surface area contributed by atoms with E-state index in [4.69, 9.17) is 0 Å². The molecule has 0 spiro atoms. The molecule has 0 radical (unpaired) electrons. The number of thiazole rings is 1. The molecular weight excluding hydrogens is 420 g/mol. The number of aryl methyl sites for hydroxylation is 2. The molecule has 0 amide bonds. The average molecular weight is 447 g/mol. The topological polar surface area (TPSA) is 33.2 Å². The highest BCUT2D eigenvalue weighted by Crippen LogP contribution is 2.34. The predicted octanol–water partition coefficient (Wildman–Crippen LogP) is 6.87. The summed E-state index contributed by atoms with van der Waals surface area (Å²) in [5.74, 6) is 0.0975. The Labute approximate surface area is 191 Å². The number of hydrogen-bond donors (Lipinski definition) is 0. The maximum absolute atomic E-state index is 13.6. The van der Waals surface area contributed by atoms with Gasteiger partial charge < -0.3 is 4.90 Å². The number of carbonyl (C=O) groups excluding carboxylic acids is 1. The van der Waals surface area contributed by atoms with Crippen LogP contribution in [0.1, 0.15) is 50.9 Å². The van der Waals surface area contributed by atoms with Crippen molar-refractivity contribution in [2.24, 2.45) is 0 Å². The summed E-state index contributed by atoms with van der Waals surface area (Å²) < 4.78 is 1.17. The first-order chi connectivity index (χ1) is 15.2. The van der Waals surface area contributed by atoms with Gasteiger partial charge in [-0.3, -0.25) is 4.79 Å². The first-order valence-electron chi connectivity index (χ1n) is 11.0. The number of Topliss-reactive ketones (excluding diaryl/α,β-unsaturated/α-hetero) is 1. The number of thiophene rings is 1. The van der Waals surface area contributed by atoms with Gasteiger partial charge in [0.1, 0.15) is 0 Å². The van der Waals surface area contributed by atoms with Crippen molar-refractivity contribution in [1.82, 2.24) is 4.98 Å². The van der Waals surface area contributed by atoms with Crippen LogP contribution in [-0.4, -0.2) is 23.9 Å². The van der Waals surface area contributed by atoms with Crippen molar-refractivity contribution < 1.29 is 4.79 Å². The Bertz CT molecular complexity index is 1150. The molecule has 2 aromatic heterocycles. The predicted molar refractivity (Wildman–Crippen MR) is 132 cm³/mol. The van der Waals surface area contributed by atoms with Gasteiger partial charge in [-0.1, -0.05) is 48.0 Å². The van der Waals surface area contributed by atoms with E-state index < -0.39 is 0 Å². The quantitative estimate of drug-likeness (QED) is 0.291. The highest BCUT2D eigenvalue weighted by atomic mass is 32.1. The summed E-state index contributed by atoms with van der Waals surface area (Å²) >= 11 is 3.40. The van der Waals surface area contributed by atoms with E-state index in [1.165, 1.54) is 28.0 Å². The standard InChI is InChI=1S/C26H26N2OS2/c1-18-8-10-19(11-9-18)22(25(29)24-16-20-6-2-3-7-23(20)31-24)13-12-21-17-27-26(30-21)28-14-4-5-15-28/h2-3,6-11,16-17,22H,4-5,12-15H2,1H3. The van der Waals surface area contributed by atoms with Gasteiger partial charge in [-0.15, -0.1) is 22.7 Å². The molecule has 2 aromatic carbocycles. The van der Waals surface area contributed by atoms with E-state index in [0.29, 0.717) is 0 Å². The summed E-state index contributed by atoms with van der Waals surface area (Å²) in [6.07, 6.45) is 6.20. The molecule has 5 heteroatoms. The second kappa shape index (κ2) is 8.93. The summed E-state index contributed by atoms with van der Waals surface area (Å²) in [6.45, 7) is 4.32. The first kappa shape index (κ1) is 20.4. The maximum Gasteiger partial charge on any atom is 0.185 e. The molecule has 0 aliphatic carbocycles. The van der Waals surface area contributed by atoms with Gasteiger partial charge in [-0.05, 0) is 55.7 Å². The molecule has 1 fully saturated rings. The van der Waals surface area contributed by atoms with E-state index in [1.54, 1.807) is 22.7 Å². The second-order valence-electron chi connectivity index (χ2n) is 8.32. The number of rotatable bonds is 7. The molecule has 3 nitrogen and oxygen atoms in total. The monoisotopic (exact) mass is 446 g/mol. The zero-order chi connectivity index (χ0) is 21.2. The molecule has 3 heterocycles. The molecular formula is C26H26N2OS2. The van der Waals surface area contributed by atoms with Gasteiger partial charge in [0.05, 0.1) is 4.88 Å². The van der Waals surface area contributed by atoms with Crippen LogP contribution in [0.15, 0.2) is 60.8 Å². The first-order valence-corrected chi connectivity index (χ1v) is 12.6. The smallest absolute Gasteiger partial charge is 0.185 e. The Kier molecular flexibility index (Phi) is 5.88. The Morgan fingerprint density at radius 2 is 1.84 bits per heavy atom. The van der Waals surface area contributed by atoms with Gasteiger partial charge in [-0.25, -0.2) is 4.98 Å². The zero-order valence-electron chi connectivity index (χ0n) is 17.7. The van der Waals surface area contributed by atoms with Crippen LogP contribution in [0.3, 0.4) is 0 Å². The third-order valence-corrected chi connectivity index (χ3v) is 8.31. The molecule has 1 aliphatic rings. The molecule has 1 saturated heterocycles. The van der Waals surface area contributed by atoms with Crippen LogP contribution in [0.2, 0.25) is 0 Å². The normalized spacial score (nSPS) is 14.9. The SMILES string of the molecule is Cc1ccc(C(CCc2cnc(N3CCCC3)s2)C(=O)c2cc3ccccc3s2)cc1. The van der Waals surface area contributed by atoms with Crippen LogP contribution in [0, 0.1) is 6.92 Å². The lowest BCUT2D eigenvalue weighted by molar-refractivity contribution is 0.0959. The largest absolute Gasteiger partial charge is 0.348 e. The lowest BCUT2D eigenvalue weighted by atomic mass is 9.89. The summed E-state index contributed by atoms with van der Waals surface area (Å²) in [5.41, 5.74) is 2.33. The van der Waals surface area contributed by atoms with E-state index in [2.05, 4.69) is 59.3 Å². The van der Waals surface area contributed by atoms with Crippen LogP contribution in [0.5, 0.6) is 0 Å². The van der Waals surface area contributed by atoms with Gasteiger partial charge >= 0.3 is 0 Å². The lowest BCUT2D eigenvalue weighted by Crippen LogP contribution is -2.16. The Balaban J connectivity index is 1.39. The molecule has 4 aromatic rings. The van der Waals surface area contributed by atoms with Crippen molar-refractivity contribution in [3.05, 3.63) is 81.7 Å². The third kappa shape index (κ3) is 4.43.